The minimum Gasteiger partial charge on any atom is -0.332 e. The second-order valence-electron chi connectivity index (χ2n) is 5.46. The average molecular weight is 407 g/mol. The van der Waals surface area contributed by atoms with Crippen molar-refractivity contribution in [3.63, 3.8) is 0 Å². The van der Waals surface area contributed by atoms with Crippen molar-refractivity contribution in [2.45, 2.75) is 6.92 Å². The van der Waals surface area contributed by atoms with Gasteiger partial charge in [0.25, 0.3) is 11.6 Å². The van der Waals surface area contributed by atoms with Gasteiger partial charge < -0.3 is 10.2 Å². The Morgan fingerprint density at radius 2 is 1.81 bits per heavy atom. The van der Waals surface area contributed by atoms with Crippen molar-refractivity contribution < 1.29 is 14.5 Å². The molecule has 8 nitrogen and oxygen atoms in total. The number of hydrogen-bond donors (Lipinski definition) is 2. The quantitative estimate of drug-likeness (QED) is 0.458. The number of anilines is 2. The number of halogens is 1. The molecule has 0 bridgehead atoms. The van der Waals surface area contributed by atoms with Gasteiger partial charge in [0, 0.05) is 37.0 Å². The van der Waals surface area contributed by atoms with Gasteiger partial charge in [-0.25, -0.2) is 0 Å². The highest BCUT2D eigenvalue weighted by atomic mass is 35.5. The van der Waals surface area contributed by atoms with Crippen LogP contribution in [0.25, 0.3) is 0 Å². The third kappa shape index (κ3) is 5.22. The van der Waals surface area contributed by atoms with E-state index in [1.54, 1.807) is 31.3 Å². The van der Waals surface area contributed by atoms with Crippen LogP contribution in [-0.2, 0) is 4.79 Å². The Labute approximate surface area is 165 Å². The summed E-state index contributed by atoms with van der Waals surface area (Å²) in [6, 6.07) is 10.5. The lowest BCUT2D eigenvalue weighted by molar-refractivity contribution is -0.384. The molecule has 2 amide bonds. The molecule has 10 heteroatoms. The largest absolute Gasteiger partial charge is 0.332 e. The zero-order chi connectivity index (χ0) is 20.1. The van der Waals surface area contributed by atoms with Crippen LogP contribution >= 0.6 is 23.8 Å². The minimum atomic E-state index is -0.671. The van der Waals surface area contributed by atoms with E-state index in [1.807, 2.05) is 0 Å². The molecule has 2 N–H and O–H groups in total. The van der Waals surface area contributed by atoms with E-state index in [9.17, 15) is 19.7 Å². The van der Waals surface area contributed by atoms with Crippen molar-refractivity contribution in [1.29, 1.82) is 0 Å². The van der Waals surface area contributed by atoms with E-state index in [-0.39, 0.29) is 27.3 Å². The summed E-state index contributed by atoms with van der Waals surface area (Å²) >= 11 is 10.8. The first-order valence-electron chi connectivity index (χ1n) is 7.59. The predicted octanol–water partition coefficient (Wildman–Crippen LogP) is 3.36. The van der Waals surface area contributed by atoms with Crippen molar-refractivity contribution in [2.24, 2.45) is 0 Å². The van der Waals surface area contributed by atoms with E-state index in [1.165, 1.54) is 24.0 Å². The first-order chi connectivity index (χ1) is 12.7. The van der Waals surface area contributed by atoms with E-state index < -0.39 is 10.8 Å². The number of nitro groups is 1. The van der Waals surface area contributed by atoms with Crippen LogP contribution in [0.15, 0.2) is 42.5 Å². The molecule has 0 spiro atoms. The summed E-state index contributed by atoms with van der Waals surface area (Å²) in [5.41, 5.74) is 0.988. The molecule has 0 unspecified atom stereocenters. The molecular weight excluding hydrogens is 392 g/mol. The number of amides is 2. The smallest absolute Gasteiger partial charge is 0.288 e. The Balaban J connectivity index is 2.03. The lowest BCUT2D eigenvalue weighted by Crippen LogP contribution is -2.34. The van der Waals surface area contributed by atoms with Crippen molar-refractivity contribution in [3.8, 4) is 0 Å². The second-order valence-corrected chi connectivity index (χ2v) is 6.27. The summed E-state index contributed by atoms with van der Waals surface area (Å²) in [6.45, 7) is 1.46. The van der Waals surface area contributed by atoms with Crippen LogP contribution in [0.3, 0.4) is 0 Å². The molecule has 2 aromatic carbocycles. The number of nitro benzene ring substituents is 1. The van der Waals surface area contributed by atoms with Gasteiger partial charge in [0.1, 0.15) is 5.02 Å². The van der Waals surface area contributed by atoms with Crippen LogP contribution in [0.5, 0.6) is 0 Å². The molecule has 0 saturated carbocycles. The molecule has 0 atom stereocenters. The maximum Gasteiger partial charge on any atom is 0.288 e. The monoisotopic (exact) mass is 406 g/mol. The summed E-state index contributed by atoms with van der Waals surface area (Å²) < 4.78 is 0. The van der Waals surface area contributed by atoms with Crippen LogP contribution in [0.1, 0.15) is 17.3 Å². The van der Waals surface area contributed by atoms with Crippen molar-refractivity contribution in [2.75, 3.05) is 17.3 Å². The molecule has 0 aliphatic carbocycles. The van der Waals surface area contributed by atoms with Crippen LogP contribution in [0, 0.1) is 10.1 Å². The fourth-order valence-corrected chi connectivity index (χ4v) is 2.48. The van der Waals surface area contributed by atoms with Crippen LogP contribution in [-0.4, -0.2) is 28.9 Å². The van der Waals surface area contributed by atoms with Gasteiger partial charge in [0.05, 0.1) is 4.92 Å². The molecule has 27 heavy (non-hydrogen) atoms. The number of carbonyl (C=O) groups is 2. The molecule has 0 saturated heterocycles. The van der Waals surface area contributed by atoms with Crippen LogP contribution in [0.4, 0.5) is 17.1 Å². The summed E-state index contributed by atoms with van der Waals surface area (Å²) in [7, 11) is 1.65. The zero-order valence-electron chi connectivity index (χ0n) is 14.4. The maximum atomic E-state index is 12.2. The number of rotatable bonds is 4. The summed E-state index contributed by atoms with van der Waals surface area (Å²) in [5.74, 6) is -0.712. The summed E-state index contributed by atoms with van der Waals surface area (Å²) in [6.07, 6.45) is 0. The number of nitrogens with zero attached hydrogens (tertiary/aromatic N) is 2. The lowest BCUT2D eigenvalue weighted by atomic mass is 10.2. The van der Waals surface area contributed by atoms with Gasteiger partial charge in [-0.15, -0.1) is 0 Å². The van der Waals surface area contributed by atoms with Gasteiger partial charge in [-0.2, -0.15) is 0 Å². The minimum absolute atomic E-state index is 0.0188. The highest BCUT2D eigenvalue weighted by Gasteiger charge is 2.17. The molecule has 0 radical (unpaired) electrons. The van der Waals surface area contributed by atoms with E-state index in [0.29, 0.717) is 11.4 Å². The van der Waals surface area contributed by atoms with Gasteiger partial charge in [0.2, 0.25) is 5.91 Å². The summed E-state index contributed by atoms with van der Waals surface area (Å²) in [4.78, 5) is 35.3. The number of carbonyl (C=O) groups excluding carboxylic acids is 2. The number of nitrogens with one attached hydrogen (secondary N) is 2. The Bertz CT molecular complexity index is 918. The normalized spacial score (nSPS) is 10.0. The maximum absolute atomic E-state index is 12.2. The van der Waals surface area contributed by atoms with Gasteiger partial charge in [0.15, 0.2) is 5.11 Å². The second kappa shape index (κ2) is 8.56. The summed E-state index contributed by atoms with van der Waals surface area (Å²) in [5, 5.41) is 16.1. The SMILES string of the molecule is CC(=O)N(C)c1ccc(NC(=S)NC(=O)c2ccc(Cl)c([N+](=O)[O-])c2)cc1. The number of hydrogen-bond acceptors (Lipinski definition) is 5. The molecule has 0 aromatic heterocycles. The average Bonchev–Trinajstić information content (AvgIpc) is 2.61. The standard InChI is InChI=1S/C17H15ClN4O4S/c1-10(23)21(2)13-6-4-12(5-7-13)19-17(27)20-16(24)11-3-8-14(18)15(9-11)22(25)26/h3-9H,1-2H3,(H2,19,20,24,27). The third-order valence-corrected chi connectivity index (χ3v) is 4.14. The first kappa shape index (κ1) is 20.3. The highest BCUT2D eigenvalue weighted by molar-refractivity contribution is 7.80. The predicted molar refractivity (Wildman–Crippen MR) is 107 cm³/mol. The van der Waals surface area contributed by atoms with Crippen molar-refractivity contribution >= 4 is 57.8 Å². The Kier molecular flexibility index (Phi) is 6.43. The fraction of sp³-hybridized carbons (Fsp3) is 0.118. The van der Waals surface area contributed by atoms with Gasteiger partial charge in [-0.05, 0) is 48.6 Å². The molecule has 140 valence electrons. The highest BCUT2D eigenvalue weighted by Crippen LogP contribution is 2.25. The Hall–Kier alpha value is -3.04. The molecule has 2 rings (SSSR count). The molecule has 0 heterocycles. The zero-order valence-corrected chi connectivity index (χ0v) is 15.9. The van der Waals surface area contributed by atoms with Crippen LogP contribution in [0.2, 0.25) is 5.02 Å². The van der Waals surface area contributed by atoms with E-state index in [4.69, 9.17) is 23.8 Å². The molecule has 2 aromatic rings. The van der Waals surface area contributed by atoms with E-state index >= 15 is 0 Å². The van der Waals surface area contributed by atoms with Gasteiger partial charge >= 0.3 is 0 Å². The van der Waals surface area contributed by atoms with Crippen molar-refractivity contribution in [3.05, 3.63) is 63.2 Å². The van der Waals surface area contributed by atoms with Gasteiger partial charge in [-0.3, -0.25) is 25.0 Å². The first-order valence-corrected chi connectivity index (χ1v) is 8.38. The molecule has 0 aliphatic heterocycles. The van der Waals surface area contributed by atoms with Crippen molar-refractivity contribution in [1.82, 2.24) is 5.32 Å². The Morgan fingerprint density at radius 3 is 2.37 bits per heavy atom. The van der Waals surface area contributed by atoms with Gasteiger partial charge in [-0.1, -0.05) is 11.6 Å². The topological polar surface area (TPSA) is 105 Å². The van der Waals surface area contributed by atoms with E-state index in [2.05, 4.69) is 10.6 Å². The molecule has 0 aliphatic rings. The third-order valence-electron chi connectivity index (χ3n) is 3.62. The fourth-order valence-electron chi connectivity index (χ4n) is 2.08. The van der Waals surface area contributed by atoms with Crippen LogP contribution < -0.4 is 15.5 Å². The molecule has 0 fully saturated rings. The lowest BCUT2D eigenvalue weighted by Gasteiger charge is -2.16. The molecular formula is C17H15ClN4O4S. The number of benzene rings is 2. The van der Waals surface area contributed by atoms with E-state index in [0.717, 1.165) is 6.07 Å². The Morgan fingerprint density at radius 1 is 1.19 bits per heavy atom. The number of thiocarbonyl (C=S) groups is 1.